The van der Waals surface area contributed by atoms with Crippen molar-refractivity contribution in [2.24, 2.45) is 4.40 Å². The SMILES string of the molecule is COCCn1c(=NS(=O)(=O)c2ccccc2)sc2ccccc21. The Morgan fingerprint density at radius 3 is 2.52 bits per heavy atom. The summed E-state index contributed by atoms with van der Waals surface area (Å²) in [6.45, 7) is 1.03. The first-order valence-electron chi connectivity index (χ1n) is 7.05. The van der Waals surface area contributed by atoms with Gasteiger partial charge >= 0.3 is 0 Å². The first-order valence-corrected chi connectivity index (χ1v) is 9.31. The quantitative estimate of drug-likeness (QED) is 0.712. The molecule has 3 aromatic rings. The summed E-state index contributed by atoms with van der Waals surface area (Å²) < 4.78 is 37.0. The largest absolute Gasteiger partial charge is 0.383 e. The average molecular weight is 348 g/mol. The third kappa shape index (κ3) is 3.36. The van der Waals surface area contributed by atoms with E-state index in [0.717, 1.165) is 10.2 Å². The monoisotopic (exact) mass is 348 g/mol. The lowest BCUT2D eigenvalue weighted by Crippen LogP contribution is -2.19. The van der Waals surface area contributed by atoms with Crippen LogP contribution in [0.1, 0.15) is 0 Å². The Morgan fingerprint density at radius 1 is 1.09 bits per heavy atom. The maximum absolute atomic E-state index is 12.5. The van der Waals surface area contributed by atoms with Crippen LogP contribution >= 0.6 is 11.3 Å². The van der Waals surface area contributed by atoms with E-state index in [1.807, 2.05) is 28.8 Å². The fourth-order valence-corrected chi connectivity index (χ4v) is 4.52. The Kier molecular flexibility index (Phi) is 4.61. The predicted molar refractivity (Wildman–Crippen MR) is 90.9 cm³/mol. The number of fused-ring (bicyclic) bond motifs is 1. The van der Waals surface area contributed by atoms with Gasteiger partial charge in [-0.3, -0.25) is 0 Å². The molecule has 7 heteroatoms. The summed E-state index contributed by atoms with van der Waals surface area (Å²) in [5.41, 5.74) is 0.955. The standard InChI is InChI=1S/C16H16N2O3S2/c1-21-12-11-18-14-9-5-6-10-15(14)22-16(18)17-23(19,20)13-7-3-2-4-8-13/h2-10H,11-12H2,1H3. The minimum absolute atomic E-state index is 0.191. The molecule has 0 aliphatic heterocycles. The van der Waals surface area contributed by atoms with E-state index < -0.39 is 10.0 Å². The molecule has 0 atom stereocenters. The maximum Gasteiger partial charge on any atom is 0.285 e. The van der Waals surface area contributed by atoms with Gasteiger partial charge < -0.3 is 9.30 Å². The lowest BCUT2D eigenvalue weighted by atomic mass is 10.3. The van der Waals surface area contributed by atoms with Crippen molar-refractivity contribution in [2.75, 3.05) is 13.7 Å². The lowest BCUT2D eigenvalue weighted by Gasteiger charge is -2.04. The summed E-state index contributed by atoms with van der Waals surface area (Å²) >= 11 is 1.36. The van der Waals surface area contributed by atoms with E-state index in [-0.39, 0.29) is 4.90 Å². The van der Waals surface area contributed by atoms with Crippen LogP contribution in [0.15, 0.2) is 63.9 Å². The van der Waals surface area contributed by atoms with E-state index in [9.17, 15) is 8.42 Å². The number of hydrogen-bond acceptors (Lipinski definition) is 4. The number of nitrogens with zero attached hydrogens (tertiary/aromatic N) is 2. The molecule has 0 saturated heterocycles. The van der Waals surface area contributed by atoms with Gasteiger partial charge in [0.2, 0.25) is 4.80 Å². The van der Waals surface area contributed by atoms with Crippen LogP contribution in [-0.4, -0.2) is 26.7 Å². The normalized spacial score (nSPS) is 12.8. The molecule has 2 aromatic carbocycles. The van der Waals surface area contributed by atoms with Gasteiger partial charge in [0.25, 0.3) is 10.0 Å². The van der Waals surface area contributed by atoms with Crippen LogP contribution in [-0.2, 0) is 21.3 Å². The summed E-state index contributed by atoms with van der Waals surface area (Å²) in [6, 6.07) is 16.0. The van der Waals surface area contributed by atoms with E-state index in [1.54, 1.807) is 37.4 Å². The molecule has 0 bridgehead atoms. The molecule has 0 amide bonds. The van der Waals surface area contributed by atoms with Crippen molar-refractivity contribution in [3.63, 3.8) is 0 Å². The minimum atomic E-state index is -3.73. The van der Waals surface area contributed by atoms with Crippen molar-refractivity contribution in [3.8, 4) is 0 Å². The molecule has 0 N–H and O–H groups in total. The van der Waals surface area contributed by atoms with Gasteiger partial charge in [0, 0.05) is 13.7 Å². The Hall–Kier alpha value is -1.96. The van der Waals surface area contributed by atoms with Gasteiger partial charge in [-0.05, 0) is 24.3 Å². The molecular formula is C16H16N2O3S2. The van der Waals surface area contributed by atoms with Crippen LogP contribution in [0, 0.1) is 0 Å². The zero-order valence-electron chi connectivity index (χ0n) is 12.5. The van der Waals surface area contributed by atoms with Crippen LogP contribution in [0.5, 0.6) is 0 Å². The van der Waals surface area contributed by atoms with Gasteiger partial charge in [-0.15, -0.1) is 4.40 Å². The minimum Gasteiger partial charge on any atom is -0.383 e. The molecule has 0 aliphatic carbocycles. The van der Waals surface area contributed by atoms with Gasteiger partial charge in [0.05, 0.1) is 21.7 Å². The second-order valence-electron chi connectivity index (χ2n) is 4.88. The second-order valence-corrected chi connectivity index (χ2v) is 7.49. The van der Waals surface area contributed by atoms with Crippen LogP contribution in [0.3, 0.4) is 0 Å². The molecule has 0 saturated carbocycles. The highest BCUT2D eigenvalue weighted by Crippen LogP contribution is 2.18. The summed E-state index contributed by atoms with van der Waals surface area (Å²) in [4.78, 5) is 0.642. The molecular weight excluding hydrogens is 332 g/mol. The number of ether oxygens (including phenoxy) is 1. The highest BCUT2D eigenvalue weighted by atomic mass is 32.2. The van der Waals surface area contributed by atoms with Crippen molar-refractivity contribution in [1.82, 2.24) is 4.57 Å². The van der Waals surface area contributed by atoms with Crippen LogP contribution in [0.4, 0.5) is 0 Å². The molecule has 0 fully saturated rings. The predicted octanol–water partition coefficient (Wildman–Crippen LogP) is 2.64. The molecule has 3 rings (SSSR count). The van der Waals surface area contributed by atoms with Crippen LogP contribution in [0.2, 0.25) is 0 Å². The number of benzene rings is 2. The van der Waals surface area contributed by atoms with Gasteiger partial charge in [-0.25, -0.2) is 0 Å². The first-order chi connectivity index (χ1) is 11.1. The molecule has 0 aliphatic rings. The van der Waals surface area contributed by atoms with Gasteiger partial charge in [-0.1, -0.05) is 41.7 Å². The van der Waals surface area contributed by atoms with Crippen molar-refractivity contribution in [1.29, 1.82) is 0 Å². The van der Waals surface area contributed by atoms with E-state index in [2.05, 4.69) is 4.40 Å². The van der Waals surface area contributed by atoms with E-state index in [4.69, 9.17) is 4.74 Å². The number of methoxy groups -OCH3 is 1. The number of para-hydroxylation sites is 1. The van der Waals surface area contributed by atoms with Crippen LogP contribution < -0.4 is 4.80 Å². The average Bonchev–Trinajstić information content (AvgIpc) is 2.90. The number of hydrogen-bond donors (Lipinski definition) is 0. The molecule has 1 heterocycles. The van der Waals surface area contributed by atoms with Crippen LogP contribution in [0.25, 0.3) is 10.2 Å². The third-order valence-electron chi connectivity index (χ3n) is 3.35. The molecule has 120 valence electrons. The molecule has 0 unspecified atom stereocenters. The number of aromatic nitrogens is 1. The van der Waals surface area contributed by atoms with Crippen molar-refractivity contribution in [2.45, 2.75) is 11.4 Å². The van der Waals surface area contributed by atoms with E-state index >= 15 is 0 Å². The zero-order chi connectivity index (χ0) is 16.3. The van der Waals surface area contributed by atoms with Gasteiger partial charge in [-0.2, -0.15) is 8.42 Å². The topological polar surface area (TPSA) is 60.7 Å². The molecule has 5 nitrogen and oxygen atoms in total. The fraction of sp³-hybridized carbons (Fsp3) is 0.188. The fourth-order valence-electron chi connectivity index (χ4n) is 2.24. The molecule has 0 spiro atoms. The van der Waals surface area contributed by atoms with Gasteiger partial charge in [0.15, 0.2) is 0 Å². The Bertz CT molecular complexity index is 973. The van der Waals surface area contributed by atoms with Crippen molar-refractivity contribution < 1.29 is 13.2 Å². The summed E-state index contributed by atoms with van der Waals surface area (Å²) in [5, 5.41) is 0. The number of thiazole rings is 1. The van der Waals surface area contributed by atoms with E-state index in [1.165, 1.54) is 11.3 Å². The third-order valence-corrected chi connectivity index (χ3v) is 5.80. The smallest absolute Gasteiger partial charge is 0.285 e. The van der Waals surface area contributed by atoms with Crippen molar-refractivity contribution >= 4 is 31.6 Å². The Balaban J connectivity index is 2.19. The molecule has 0 radical (unpaired) electrons. The zero-order valence-corrected chi connectivity index (χ0v) is 14.2. The summed E-state index contributed by atoms with van der Waals surface area (Å²) in [6.07, 6.45) is 0. The first kappa shape index (κ1) is 15.9. The number of sulfonamides is 1. The van der Waals surface area contributed by atoms with E-state index in [0.29, 0.717) is 18.0 Å². The Labute approximate surface area is 138 Å². The summed E-state index contributed by atoms with van der Waals surface area (Å²) in [5.74, 6) is 0. The number of rotatable bonds is 5. The highest BCUT2D eigenvalue weighted by molar-refractivity contribution is 7.90. The second kappa shape index (κ2) is 6.66. The van der Waals surface area contributed by atoms with Crippen molar-refractivity contribution in [3.05, 3.63) is 59.4 Å². The molecule has 1 aromatic heterocycles. The maximum atomic E-state index is 12.5. The molecule has 23 heavy (non-hydrogen) atoms. The summed E-state index contributed by atoms with van der Waals surface area (Å²) in [7, 11) is -2.12. The van der Waals surface area contributed by atoms with Gasteiger partial charge in [0.1, 0.15) is 0 Å². The lowest BCUT2D eigenvalue weighted by molar-refractivity contribution is 0.187. The highest BCUT2D eigenvalue weighted by Gasteiger charge is 2.14. The Morgan fingerprint density at radius 2 is 1.78 bits per heavy atom.